The summed E-state index contributed by atoms with van der Waals surface area (Å²) in [4.78, 5) is 33.8. The van der Waals surface area contributed by atoms with Gasteiger partial charge in [0, 0.05) is 31.9 Å². The molecule has 1 saturated heterocycles. The standard InChI is InChI=1S/C26H26N4O4S/c1-2-33-20-11-9-19(10-12-20)30-22-7-4-3-6-21(22)27-26(30)35-18-24(31)28-13-15-29(16-14-28)25(32)23-8-5-17-34-23/h3-12,17H,2,13-16,18H2,1H3. The van der Waals surface area contributed by atoms with Gasteiger partial charge in [-0.05, 0) is 55.5 Å². The number of thioether (sulfide) groups is 1. The monoisotopic (exact) mass is 490 g/mol. The lowest BCUT2D eigenvalue weighted by molar-refractivity contribution is -0.129. The number of ether oxygens (including phenoxy) is 1. The predicted molar refractivity (Wildman–Crippen MR) is 134 cm³/mol. The summed E-state index contributed by atoms with van der Waals surface area (Å²) in [6.07, 6.45) is 1.49. The van der Waals surface area contributed by atoms with Crippen LogP contribution in [0.1, 0.15) is 17.5 Å². The summed E-state index contributed by atoms with van der Waals surface area (Å²) in [7, 11) is 0. The molecule has 0 unspecified atom stereocenters. The van der Waals surface area contributed by atoms with Crippen molar-refractivity contribution in [2.45, 2.75) is 12.1 Å². The molecule has 2 aromatic carbocycles. The van der Waals surface area contributed by atoms with Gasteiger partial charge in [-0.3, -0.25) is 14.2 Å². The number of benzene rings is 2. The normalized spacial score (nSPS) is 13.9. The summed E-state index contributed by atoms with van der Waals surface area (Å²) in [5, 5.41) is 0.760. The number of hydrogen-bond acceptors (Lipinski definition) is 6. The van der Waals surface area contributed by atoms with E-state index in [1.807, 2.05) is 60.4 Å². The van der Waals surface area contributed by atoms with E-state index < -0.39 is 0 Å². The average Bonchev–Trinajstić information content (AvgIpc) is 3.56. The van der Waals surface area contributed by atoms with E-state index in [9.17, 15) is 9.59 Å². The van der Waals surface area contributed by atoms with E-state index in [0.717, 1.165) is 27.6 Å². The van der Waals surface area contributed by atoms with E-state index in [4.69, 9.17) is 14.1 Å². The van der Waals surface area contributed by atoms with Crippen LogP contribution in [0.3, 0.4) is 0 Å². The van der Waals surface area contributed by atoms with Crippen LogP contribution in [0.4, 0.5) is 0 Å². The molecule has 0 saturated carbocycles. The van der Waals surface area contributed by atoms with Crippen molar-refractivity contribution in [1.29, 1.82) is 0 Å². The van der Waals surface area contributed by atoms with Crippen LogP contribution in [0.15, 0.2) is 76.5 Å². The maximum absolute atomic E-state index is 13.0. The SMILES string of the molecule is CCOc1ccc(-n2c(SCC(=O)N3CCN(C(=O)c4ccco4)CC3)nc3ccccc32)cc1. The summed E-state index contributed by atoms with van der Waals surface area (Å²) in [5.41, 5.74) is 2.82. The van der Waals surface area contributed by atoms with Crippen molar-refractivity contribution < 1.29 is 18.7 Å². The molecule has 1 aliphatic rings. The molecule has 9 heteroatoms. The number of piperazine rings is 1. The Morgan fingerprint density at radius 2 is 1.71 bits per heavy atom. The number of carbonyl (C=O) groups is 2. The molecule has 5 rings (SSSR count). The number of nitrogens with zero attached hydrogens (tertiary/aromatic N) is 4. The van der Waals surface area contributed by atoms with E-state index in [2.05, 4.69) is 4.57 Å². The lowest BCUT2D eigenvalue weighted by Crippen LogP contribution is -2.51. The lowest BCUT2D eigenvalue weighted by atomic mass is 10.2. The maximum Gasteiger partial charge on any atom is 0.289 e. The number of aromatic nitrogens is 2. The van der Waals surface area contributed by atoms with E-state index >= 15 is 0 Å². The smallest absolute Gasteiger partial charge is 0.289 e. The molecule has 0 N–H and O–H groups in total. The highest BCUT2D eigenvalue weighted by Crippen LogP contribution is 2.29. The van der Waals surface area contributed by atoms with Gasteiger partial charge < -0.3 is 19.0 Å². The van der Waals surface area contributed by atoms with Crippen molar-refractivity contribution >= 4 is 34.6 Å². The topological polar surface area (TPSA) is 80.8 Å². The third kappa shape index (κ3) is 4.90. The summed E-state index contributed by atoms with van der Waals surface area (Å²) < 4.78 is 12.9. The number of carbonyl (C=O) groups excluding carboxylic acids is 2. The number of furan rings is 1. The Bertz CT molecular complexity index is 1310. The van der Waals surface area contributed by atoms with Gasteiger partial charge in [0.1, 0.15) is 5.75 Å². The van der Waals surface area contributed by atoms with Gasteiger partial charge in [-0.2, -0.15) is 0 Å². The third-order valence-electron chi connectivity index (χ3n) is 5.91. The van der Waals surface area contributed by atoms with Crippen LogP contribution in [-0.2, 0) is 4.79 Å². The molecule has 2 aromatic heterocycles. The molecule has 0 bridgehead atoms. The van der Waals surface area contributed by atoms with Crippen LogP contribution in [0, 0.1) is 0 Å². The van der Waals surface area contributed by atoms with E-state index in [0.29, 0.717) is 38.5 Å². The van der Waals surface area contributed by atoms with Crippen molar-refractivity contribution in [2.75, 3.05) is 38.5 Å². The van der Waals surface area contributed by atoms with E-state index in [1.54, 1.807) is 17.0 Å². The molecule has 35 heavy (non-hydrogen) atoms. The Morgan fingerprint density at radius 1 is 0.971 bits per heavy atom. The fourth-order valence-electron chi connectivity index (χ4n) is 4.14. The largest absolute Gasteiger partial charge is 0.494 e. The van der Waals surface area contributed by atoms with Crippen molar-refractivity contribution in [3.8, 4) is 11.4 Å². The highest BCUT2D eigenvalue weighted by atomic mass is 32.2. The first kappa shape index (κ1) is 23.0. The van der Waals surface area contributed by atoms with Crippen LogP contribution in [0.25, 0.3) is 16.7 Å². The van der Waals surface area contributed by atoms with Gasteiger partial charge in [0.2, 0.25) is 5.91 Å². The van der Waals surface area contributed by atoms with Gasteiger partial charge in [-0.1, -0.05) is 23.9 Å². The quantitative estimate of drug-likeness (QED) is 0.363. The summed E-state index contributed by atoms with van der Waals surface area (Å²) in [6.45, 7) is 4.55. The van der Waals surface area contributed by atoms with Gasteiger partial charge in [-0.15, -0.1) is 0 Å². The first-order valence-electron chi connectivity index (χ1n) is 11.6. The fraction of sp³-hybridized carbons (Fsp3) is 0.269. The van der Waals surface area contributed by atoms with Gasteiger partial charge in [0.25, 0.3) is 5.91 Å². The molecule has 180 valence electrons. The Kier molecular flexibility index (Phi) is 6.76. The number of fused-ring (bicyclic) bond motifs is 1. The molecule has 0 aliphatic carbocycles. The molecule has 1 fully saturated rings. The minimum absolute atomic E-state index is 0.0328. The zero-order valence-corrected chi connectivity index (χ0v) is 20.2. The zero-order chi connectivity index (χ0) is 24.2. The number of amides is 2. The average molecular weight is 491 g/mol. The fourth-order valence-corrected chi connectivity index (χ4v) is 5.07. The summed E-state index contributed by atoms with van der Waals surface area (Å²) in [5.74, 6) is 1.31. The first-order valence-corrected chi connectivity index (χ1v) is 12.6. The molecule has 2 amide bonds. The van der Waals surface area contributed by atoms with Crippen LogP contribution in [-0.4, -0.2) is 69.7 Å². The van der Waals surface area contributed by atoms with Crippen molar-refractivity contribution in [3.63, 3.8) is 0 Å². The molecular formula is C26H26N4O4S. The van der Waals surface area contributed by atoms with Crippen LogP contribution >= 0.6 is 11.8 Å². The number of imidazole rings is 1. The van der Waals surface area contributed by atoms with Crippen LogP contribution < -0.4 is 4.74 Å². The first-order chi connectivity index (χ1) is 17.1. The Labute approximate surface area is 207 Å². The summed E-state index contributed by atoms with van der Waals surface area (Å²) >= 11 is 1.42. The summed E-state index contributed by atoms with van der Waals surface area (Å²) in [6, 6.07) is 19.2. The molecule has 0 spiro atoms. The van der Waals surface area contributed by atoms with Gasteiger partial charge in [-0.25, -0.2) is 4.98 Å². The Balaban J connectivity index is 1.27. The van der Waals surface area contributed by atoms with E-state index in [1.165, 1.54) is 18.0 Å². The predicted octanol–water partition coefficient (Wildman–Crippen LogP) is 4.09. The van der Waals surface area contributed by atoms with Crippen molar-refractivity contribution in [3.05, 3.63) is 72.7 Å². The van der Waals surface area contributed by atoms with Crippen LogP contribution in [0.5, 0.6) is 5.75 Å². The third-order valence-corrected chi connectivity index (χ3v) is 6.84. The second-order valence-corrected chi connectivity index (χ2v) is 9.03. The molecule has 3 heterocycles. The van der Waals surface area contributed by atoms with Crippen LogP contribution in [0.2, 0.25) is 0 Å². The highest BCUT2D eigenvalue weighted by molar-refractivity contribution is 7.99. The zero-order valence-electron chi connectivity index (χ0n) is 19.4. The molecule has 0 radical (unpaired) electrons. The van der Waals surface area contributed by atoms with Gasteiger partial charge in [0.05, 0.1) is 29.7 Å². The highest BCUT2D eigenvalue weighted by Gasteiger charge is 2.26. The van der Waals surface area contributed by atoms with Crippen molar-refractivity contribution in [1.82, 2.24) is 19.4 Å². The Hall–Kier alpha value is -3.72. The maximum atomic E-state index is 13.0. The van der Waals surface area contributed by atoms with Gasteiger partial charge >= 0.3 is 0 Å². The number of rotatable bonds is 7. The molecular weight excluding hydrogens is 464 g/mol. The number of para-hydroxylation sites is 2. The minimum atomic E-state index is -0.138. The molecule has 8 nitrogen and oxygen atoms in total. The second-order valence-electron chi connectivity index (χ2n) is 8.08. The van der Waals surface area contributed by atoms with E-state index in [-0.39, 0.29) is 17.6 Å². The second kappa shape index (κ2) is 10.3. The lowest BCUT2D eigenvalue weighted by Gasteiger charge is -2.34. The van der Waals surface area contributed by atoms with Gasteiger partial charge in [0.15, 0.2) is 10.9 Å². The minimum Gasteiger partial charge on any atom is -0.494 e. The molecule has 1 aliphatic heterocycles. The van der Waals surface area contributed by atoms with Crippen molar-refractivity contribution in [2.24, 2.45) is 0 Å². The molecule has 4 aromatic rings. The molecule has 0 atom stereocenters. The number of hydrogen-bond donors (Lipinski definition) is 0. The Morgan fingerprint density at radius 3 is 2.43 bits per heavy atom.